The van der Waals surface area contributed by atoms with E-state index in [4.69, 9.17) is 16.3 Å². The number of carbonyl (C=O) groups excluding carboxylic acids is 2. The van der Waals surface area contributed by atoms with Crippen LogP contribution in [0.5, 0.6) is 0 Å². The quantitative estimate of drug-likeness (QED) is 0.208. The maximum atomic E-state index is 15.3. The van der Waals surface area contributed by atoms with Crippen LogP contribution in [0, 0.1) is 23.4 Å². The van der Waals surface area contributed by atoms with Crippen molar-refractivity contribution in [2.45, 2.75) is 57.9 Å². The van der Waals surface area contributed by atoms with Gasteiger partial charge in [-0.25, -0.2) is 18.2 Å². The number of hydrogen-bond acceptors (Lipinski definition) is 4. The predicted molar refractivity (Wildman–Crippen MR) is 156 cm³/mol. The van der Waals surface area contributed by atoms with E-state index in [9.17, 15) is 18.4 Å². The largest absolute Gasteiger partial charge is 0.466 e. The van der Waals surface area contributed by atoms with E-state index in [2.05, 4.69) is 10.3 Å². The molecule has 0 saturated heterocycles. The highest BCUT2D eigenvalue weighted by atomic mass is 35.5. The number of imidazole rings is 1. The van der Waals surface area contributed by atoms with E-state index in [1.165, 1.54) is 12.1 Å². The number of amides is 1. The number of rotatable bonds is 8. The number of hydrogen-bond donors (Lipinski definition) is 1. The van der Waals surface area contributed by atoms with E-state index in [1.807, 2.05) is 0 Å². The second kappa shape index (κ2) is 12.6. The molecular weight excluding hydrogens is 567 g/mol. The van der Waals surface area contributed by atoms with E-state index in [0.29, 0.717) is 22.0 Å². The SMILES string of the molecule is CCOC(=O)C(C)c1ccc(NC(=O)C(C2CCCCC2)n2c(-c3ccc(Cl)cc3)nc3cc(F)c(F)cc32)c(F)c1. The highest BCUT2D eigenvalue weighted by Crippen LogP contribution is 2.39. The third kappa shape index (κ3) is 6.02. The molecule has 0 spiro atoms. The summed E-state index contributed by atoms with van der Waals surface area (Å²) in [6.07, 6.45) is 4.26. The van der Waals surface area contributed by atoms with Crippen molar-refractivity contribution in [2.75, 3.05) is 11.9 Å². The Bertz CT molecular complexity index is 1620. The van der Waals surface area contributed by atoms with E-state index >= 15 is 4.39 Å². The fourth-order valence-electron chi connectivity index (χ4n) is 5.68. The minimum atomic E-state index is -1.06. The monoisotopic (exact) mass is 597 g/mol. The summed E-state index contributed by atoms with van der Waals surface area (Å²) in [5, 5.41) is 3.22. The lowest BCUT2D eigenvalue weighted by atomic mass is 9.83. The number of nitrogens with one attached hydrogen (secondary N) is 1. The van der Waals surface area contributed by atoms with Crippen molar-refractivity contribution in [3.63, 3.8) is 0 Å². The average molecular weight is 598 g/mol. The molecular formula is C32H31ClF3N3O3. The number of aromatic nitrogens is 2. The molecule has 1 N–H and O–H groups in total. The second-order valence-corrected chi connectivity index (χ2v) is 11.0. The maximum absolute atomic E-state index is 15.3. The minimum Gasteiger partial charge on any atom is -0.466 e. The van der Waals surface area contributed by atoms with Gasteiger partial charge in [-0.05, 0) is 74.6 Å². The van der Waals surface area contributed by atoms with Crippen LogP contribution in [0.1, 0.15) is 63.5 Å². The molecule has 42 heavy (non-hydrogen) atoms. The first kappa shape index (κ1) is 29.6. The van der Waals surface area contributed by atoms with Gasteiger partial charge in [-0.3, -0.25) is 9.59 Å². The maximum Gasteiger partial charge on any atom is 0.313 e. The fraction of sp³-hybridized carbons (Fsp3) is 0.344. The molecule has 0 aliphatic heterocycles. The Morgan fingerprint density at radius 1 is 1.00 bits per heavy atom. The molecule has 4 aromatic rings. The lowest BCUT2D eigenvalue weighted by Gasteiger charge is -2.32. The summed E-state index contributed by atoms with van der Waals surface area (Å²) in [7, 11) is 0. The lowest BCUT2D eigenvalue weighted by Crippen LogP contribution is -2.34. The van der Waals surface area contributed by atoms with Crippen molar-refractivity contribution in [1.82, 2.24) is 9.55 Å². The molecule has 3 aromatic carbocycles. The Hall–Kier alpha value is -3.85. The standard InChI is InChI=1S/C32H31ClF3N3O3/c1-3-42-32(41)18(2)21-11-14-26(25(36)15-21)38-31(40)29(19-7-5-4-6-8-19)39-28-17-24(35)23(34)16-27(28)37-30(39)20-9-12-22(33)13-10-20/h9-19,29H,3-8H2,1-2H3,(H,38,40). The van der Waals surface area contributed by atoms with Crippen LogP contribution < -0.4 is 5.32 Å². The van der Waals surface area contributed by atoms with E-state index in [0.717, 1.165) is 44.2 Å². The van der Waals surface area contributed by atoms with E-state index < -0.39 is 41.3 Å². The molecule has 1 amide bonds. The molecule has 0 radical (unpaired) electrons. The van der Waals surface area contributed by atoms with Gasteiger partial charge in [0.05, 0.1) is 29.2 Å². The van der Waals surface area contributed by atoms with Crippen molar-refractivity contribution in [3.8, 4) is 11.4 Å². The number of halogens is 4. The van der Waals surface area contributed by atoms with Gasteiger partial charge < -0.3 is 14.6 Å². The molecule has 1 aromatic heterocycles. The van der Waals surface area contributed by atoms with Crippen LogP contribution >= 0.6 is 11.6 Å². The van der Waals surface area contributed by atoms with Gasteiger partial charge in [-0.15, -0.1) is 0 Å². The fourth-order valence-corrected chi connectivity index (χ4v) is 5.80. The van der Waals surface area contributed by atoms with Crippen molar-refractivity contribution >= 4 is 40.2 Å². The van der Waals surface area contributed by atoms with E-state index in [-0.39, 0.29) is 29.2 Å². The van der Waals surface area contributed by atoms with Crippen LogP contribution in [0.25, 0.3) is 22.4 Å². The molecule has 1 heterocycles. The molecule has 10 heteroatoms. The zero-order chi connectivity index (χ0) is 30.0. The van der Waals surface area contributed by atoms with Gasteiger partial charge in [-0.2, -0.15) is 0 Å². The molecule has 1 fully saturated rings. The number of benzene rings is 3. The molecule has 1 aliphatic rings. The molecule has 6 nitrogen and oxygen atoms in total. The zero-order valence-corrected chi connectivity index (χ0v) is 24.1. The molecule has 2 unspecified atom stereocenters. The Morgan fingerprint density at radius 2 is 1.69 bits per heavy atom. The van der Waals surface area contributed by atoms with Gasteiger partial charge in [0.2, 0.25) is 5.91 Å². The van der Waals surface area contributed by atoms with Crippen LogP contribution in [0.15, 0.2) is 54.6 Å². The average Bonchev–Trinajstić information content (AvgIpc) is 3.32. The first-order valence-electron chi connectivity index (χ1n) is 14.1. The van der Waals surface area contributed by atoms with Gasteiger partial charge in [-0.1, -0.05) is 36.9 Å². The van der Waals surface area contributed by atoms with Crippen LogP contribution in [0.3, 0.4) is 0 Å². The molecule has 220 valence electrons. The van der Waals surface area contributed by atoms with Gasteiger partial charge >= 0.3 is 5.97 Å². The zero-order valence-electron chi connectivity index (χ0n) is 23.3. The first-order chi connectivity index (χ1) is 20.2. The third-order valence-electron chi connectivity index (χ3n) is 7.87. The summed E-state index contributed by atoms with van der Waals surface area (Å²) in [5.41, 5.74) is 1.40. The smallest absolute Gasteiger partial charge is 0.313 e. The summed E-state index contributed by atoms with van der Waals surface area (Å²) < 4.78 is 50.9. The lowest BCUT2D eigenvalue weighted by molar-refractivity contribution is -0.144. The van der Waals surface area contributed by atoms with Gasteiger partial charge in [0.15, 0.2) is 11.6 Å². The predicted octanol–water partition coefficient (Wildman–Crippen LogP) is 8.20. The summed E-state index contributed by atoms with van der Waals surface area (Å²) in [6, 6.07) is 12.2. The first-order valence-corrected chi connectivity index (χ1v) is 14.5. The van der Waals surface area contributed by atoms with Crippen molar-refractivity contribution in [3.05, 3.63) is 82.6 Å². The minimum absolute atomic E-state index is 0.0599. The number of anilines is 1. The van der Waals surface area contributed by atoms with Gasteiger partial charge in [0.25, 0.3) is 0 Å². The van der Waals surface area contributed by atoms with E-state index in [1.54, 1.807) is 48.7 Å². The van der Waals surface area contributed by atoms with Crippen LogP contribution in [-0.2, 0) is 14.3 Å². The molecule has 1 saturated carbocycles. The number of carbonyl (C=O) groups is 2. The van der Waals surface area contributed by atoms with Crippen molar-refractivity contribution in [2.24, 2.45) is 5.92 Å². The molecule has 5 rings (SSSR count). The summed E-state index contributed by atoms with van der Waals surface area (Å²) in [5.74, 6) is -4.31. The summed E-state index contributed by atoms with van der Waals surface area (Å²) >= 11 is 6.11. The second-order valence-electron chi connectivity index (χ2n) is 10.6. The third-order valence-corrected chi connectivity index (χ3v) is 8.12. The number of ether oxygens (including phenoxy) is 1. The summed E-state index contributed by atoms with van der Waals surface area (Å²) in [4.78, 5) is 30.9. The summed E-state index contributed by atoms with van der Waals surface area (Å²) in [6.45, 7) is 3.52. The number of esters is 1. The highest BCUT2D eigenvalue weighted by molar-refractivity contribution is 6.30. The number of fused-ring (bicyclic) bond motifs is 1. The topological polar surface area (TPSA) is 73.2 Å². The van der Waals surface area contributed by atoms with Gasteiger partial charge in [0.1, 0.15) is 17.7 Å². The Morgan fingerprint density at radius 3 is 2.36 bits per heavy atom. The van der Waals surface area contributed by atoms with Crippen molar-refractivity contribution < 1.29 is 27.5 Å². The van der Waals surface area contributed by atoms with Crippen LogP contribution in [0.4, 0.5) is 18.9 Å². The van der Waals surface area contributed by atoms with Crippen LogP contribution in [-0.4, -0.2) is 28.0 Å². The normalized spacial score (nSPS) is 15.4. The Kier molecular flexibility index (Phi) is 8.87. The molecule has 1 aliphatic carbocycles. The number of nitrogens with zero attached hydrogens (tertiary/aromatic N) is 2. The Balaban J connectivity index is 1.59. The van der Waals surface area contributed by atoms with Crippen molar-refractivity contribution in [1.29, 1.82) is 0 Å². The molecule has 2 atom stereocenters. The highest BCUT2D eigenvalue weighted by Gasteiger charge is 2.35. The molecule has 0 bridgehead atoms. The Labute approximate surface area is 246 Å². The van der Waals surface area contributed by atoms with Crippen LogP contribution in [0.2, 0.25) is 5.02 Å². The van der Waals surface area contributed by atoms with Gasteiger partial charge in [0, 0.05) is 22.7 Å².